The number of ketones is 1. The van der Waals surface area contributed by atoms with E-state index in [2.05, 4.69) is 4.98 Å². The highest BCUT2D eigenvalue weighted by molar-refractivity contribution is 6.09. The van der Waals surface area contributed by atoms with E-state index in [0.29, 0.717) is 23.5 Å². The zero-order valence-electron chi connectivity index (χ0n) is 21.3. The predicted molar refractivity (Wildman–Crippen MR) is 133 cm³/mol. The summed E-state index contributed by atoms with van der Waals surface area (Å²) in [5, 5.41) is 10.3. The van der Waals surface area contributed by atoms with E-state index in [1.807, 2.05) is 0 Å². The number of rotatable bonds is 6. The molecule has 0 aliphatic carbocycles. The second-order valence-electron chi connectivity index (χ2n) is 9.26. The average molecular weight is 561 g/mol. The number of aryl methyl sites for hydroxylation is 2. The number of pyridine rings is 1. The molecule has 40 heavy (non-hydrogen) atoms. The molecule has 208 valence electrons. The molecular weight excluding hydrogens is 540 g/mol. The van der Waals surface area contributed by atoms with Crippen LogP contribution in [0.5, 0.6) is 0 Å². The molecule has 1 N–H and O–H groups in total. The first-order valence-corrected chi connectivity index (χ1v) is 11.9. The summed E-state index contributed by atoms with van der Waals surface area (Å²) in [4.78, 5) is 17.7. The van der Waals surface area contributed by atoms with E-state index in [-0.39, 0.29) is 45.5 Å². The van der Waals surface area contributed by atoms with Crippen molar-refractivity contribution in [1.82, 2.24) is 14.0 Å². The summed E-state index contributed by atoms with van der Waals surface area (Å²) in [7, 11) is 2.96. The Bertz CT molecular complexity index is 1800. The minimum Gasteiger partial charge on any atom is -0.392 e. The van der Waals surface area contributed by atoms with Crippen molar-refractivity contribution in [2.75, 3.05) is 7.11 Å². The van der Waals surface area contributed by atoms with E-state index in [9.17, 15) is 36.2 Å². The Kier molecular flexibility index (Phi) is 6.71. The first-order chi connectivity index (χ1) is 18.9. The number of aliphatic hydroxyl groups excluding tert-OH is 1. The molecular formula is C28H21F6N3O3. The van der Waals surface area contributed by atoms with E-state index in [1.165, 1.54) is 40.5 Å². The van der Waals surface area contributed by atoms with Gasteiger partial charge in [-0.15, -0.1) is 0 Å². The van der Waals surface area contributed by atoms with Crippen LogP contribution in [0.1, 0.15) is 38.6 Å². The van der Waals surface area contributed by atoms with Crippen LogP contribution in [0.15, 0.2) is 42.6 Å². The van der Waals surface area contributed by atoms with Gasteiger partial charge in [0.1, 0.15) is 12.4 Å². The van der Waals surface area contributed by atoms with Gasteiger partial charge in [-0.1, -0.05) is 6.07 Å². The number of ether oxygens (including phenoxy) is 1. The molecule has 0 aliphatic rings. The van der Waals surface area contributed by atoms with Gasteiger partial charge in [0.2, 0.25) is 5.78 Å². The lowest BCUT2D eigenvalue weighted by molar-refractivity contribution is -0.137. The largest absolute Gasteiger partial charge is 0.417 e. The second-order valence-corrected chi connectivity index (χ2v) is 9.26. The fourth-order valence-corrected chi connectivity index (χ4v) is 5.05. The third-order valence-corrected chi connectivity index (χ3v) is 6.84. The van der Waals surface area contributed by atoms with Gasteiger partial charge in [-0.2, -0.15) is 13.2 Å². The third-order valence-electron chi connectivity index (χ3n) is 6.84. The molecule has 12 heteroatoms. The van der Waals surface area contributed by atoms with Crippen LogP contribution in [0.25, 0.3) is 27.7 Å². The number of methoxy groups -OCH3 is 1. The summed E-state index contributed by atoms with van der Waals surface area (Å²) in [5.74, 6) is -5.37. The Morgan fingerprint density at radius 2 is 1.77 bits per heavy atom. The van der Waals surface area contributed by atoms with Gasteiger partial charge in [-0.3, -0.25) is 4.79 Å². The monoisotopic (exact) mass is 561 g/mol. The number of fused-ring (bicyclic) bond motifs is 2. The van der Waals surface area contributed by atoms with Crippen LogP contribution in [-0.2, 0) is 31.2 Å². The number of aliphatic hydroxyl groups is 1. The molecule has 0 bridgehead atoms. The molecule has 0 radical (unpaired) electrons. The van der Waals surface area contributed by atoms with Crippen molar-refractivity contribution < 1.29 is 41.0 Å². The van der Waals surface area contributed by atoms with Gasteiger partial charge in [0, 0.05) is 42.6 Å². The Hall–Kier alpha value is -4.16. The Balaban J connectivity index is 1.82. The molecule has 6 nitrogen and oxygen atoms in total. The number of hydrogen-bond donors (Lipinski definition) is 1. The molecule has 0 saturated heterocycles. The highest BCUT2D eigenvalue weighted by atomic mass is 19.4. The lowest BCUT2D eigenvalue weighted by atomic mass is 9.92. The van der Waals surface area contributed by atoms with Crippen LogP contribution < -0.4 is 0 Å². The van der Waals surface area contributed by atoms with Gasteiger partial charge in [-0.25, -0.2) is 18.2 Å². The maximum Gasteiger partial charge on any atom is 0.417 e. The maximum absolute atomic E-state index is 14.5. The maximum atomic E-state index is 14.5. The SMILES string of the molecule is COCc1nc2c(CO)c(-c3cccn4c(C(=O)c5cc(F)c(F)c(F)c5)cc(C)c34)c(C(F)(F)F)cc2n1C. The standard InChI is InChI=1S/C28H21F6N3O3/c1-13-7-21(27(39)14-8-18(29)24(31)19(30)9-14)37-6-4-5-15(26(13)37)23-16(11-38)25-20(10-17(23)28(32,33)34)36(2)22(35-25)12-40-3/h4-10,38H,11-12H2,1-3H3. The first-order valence-electron chi connectivity index (χ1n) is 11.9. The minimum absolute atomic E-state index is 0.0240. The number of carbonyl (C=O) groups is 1. The Labute approximate surface area is 223 Å². The quantitative estimate of drug-likeness (QED) is 0.154. The molecule has 3 aromatic heterocycles. The van der Waals surface area contributed by atoms with Crippen LogP contribution in [0.4, 0.5) is 26.3 Å². The topological polar surface area (TPSA) is 68.8 Å². The summed E-state index contributed by atoms with van der Waals surface area (Å²) in [6.45, 7) is 0.805. The van der Waals surface area contributed by atoms with Gasteiger partial charge in [0.15, 0.2) is 17.5 Å². The van der Waals surface area contributed by atoms with Gasteiger partial charge < -0.3 is 18.8 Å². The zero-order chi connectivity index (χ0) is 29.1. The van der Waals surface area contributed by atoms with E-state index in [1.54, 1.807) is 14.0 Å². The molecule has 0 atom stereocenters. The van der Waals surface area contributed by atoms with Crippen LogP contribution >= 0.6 is 0 Å². The molecule has 3 heterocycles. The molecule has 0 fully saturated rings. The number of nitrogens with zero attached hydrogens (tertiary/aromatic N) is 3. The number of aromatic nitrogens is 3. The van der Waals surface area contributed by atoms with Crippen molar-refractivity contribution in [3.8, 4) is 11.1 Å². The predicted octanol–water partition coefficient (Wildman–Crippen LogP) is 6.11. The minimum atomic E-state index is -4.84. The number of carbonyl (C=O) groups excluding carboxylic acids is 1. The molecule has 5 rings (SSSR count). The summed E-state index contributed by atoms with van der Waals surface area (Å²) in [5.41, 5.74) is -1.10. The Morgan fingerprint density at radius 3 is 2.38 bits per heavy atom. The summed E-state index contributed by atoms with van der Waals surface area (Å²) in [6, 6.07) is 6.25. The number of imidazole rings is 1. The Morgan fingerprint density at radius 1 is 1.10 bits per heavy atom. The van der Waals surface area contributed by atoms with Crippen molar-refractivity contribution >= 4 is 22.3 Å². The number of halogens is 6. The lowest BCUT2D eigenvalue weighted by Gasteiger charge is -2.19. The highest BCUT2D eigenvalue weighted by Gasteiger charge is 2.37. The third kappa shape index (κ3) is 4.23. The van der Waals surface area contributed by atoms with Crippen molar-refractivity contribution in [3.05, 3.63) is 93.8 Å². The smallest absolute Gasteiger partial charge is 0.392 e. The van der Waals surface area contributed by atoms with E-state index >= 15 is 0 Å². The average Bonchev–Trinajstić information content (AvgIpc) is 3.41. The van der Waals surface area contributed by atoms with Crippen molar-refractivity contribution in [2.45, 2.75) is 26.3 Å². The molecule has 5 aromatic rings. The van der Waals surface area contributed by atoms with E-state index in [4.69, 9.17) is 4.74 Å². The molecule has 2 aromatic carbocycles. The lowest BCUT2D eigenvalue weighted by Crippen LogP contribution is -2.11. The fraction of sp³-hybridized carbons (Fsp3) is 0.214. The van der Waals surface area contributed by atoms with Gasteiger partial charge in [0.05, 0.1) is 34.4 Å². The zero-order valence-corrected chi connectivity index (χ0v) is 21.3. The normalized spacial score (nSPS) is 12.2. The first kappa shape index (κ1) is 27.4. The van der Waals surface area contributed by atoms with Crippen molar-refractivity contribution in [1.29, 1.82) is 0 Å². The van der Waals surface area contributed by atoms with Gasteiger partial charge >= 0.3 is 6.18 Å². The summed E-state index contributed by atoms with van der Waals surface area (Å²) in [6.07, 6.45) is -3.43. The molecule has 0 unspecified atom stereocenters. The molecule has 0 amide bonds. The molecule has 0 aliphatic heterocycles. The van der Waals surface area contributed by atoms with Crippen LogP contribution in [0, 0.1) is 24.4 Å². The summed E-state index contributed by atoms with van der Waals surface area (Å²) < 4.78 is 92.6. The molecule has 0 spiro atoms. The van der Waals surface area contributed by atoms with Crippen LogP contribution in [-0.4, -0.2) is 32.0 Å². The second kappa shape index (κ2) is 9.79. The van der Waals surface area contributed by atoms with Crippen molar-refractivity contribution in [3.63, 3.8) is 0 Å². The molecule has 0 saturated carbocycles. The summed E-state index contributed by atoms with van der Waals surface area (Å²) >= 11 is 0. The number of hydrogen-bond acceptors (Lipinski definition) is 4. The fourth-order valence-electron chi connectivity index (χ4n) is 5.05. The number of alkyl halides is 3. The van der Waals surface area contributed by atoms with E-state index in [0.717, 1.165) is 6.07 Å². The van der Waals surface area contributed by atoms with E-state index < -0.39 is 47.1 Å². The highest BCUT2D eigenvalue weighted by Crippen LogP contribution is 2.44. The van der Waals surface area contributed by atoms with Crippen LogP contribution in [0.3, 0.4) is 0 Å². The van der Waals surface area contributed by atoms with Crippen LogP contribution in [0.2, 0.25) is 0 Å². The van der Waals surface area contributed by atoms with Gasteiger partial charge in [-0.05, 0) is 42.8 Å². The number of benzene rings is 2. The van der Waals surface area contributed by atoms with Crippen molar-refractivity contribution in [2.24, 2.45) is 7.05 Å². The van der Waals surface area contributed by atoms with Gasteiger partial charge in [0.25, 0.3) is 0 Å².